The van der Waals surface area contributed by atoms with Crippen molar-refractivity contribution < 1.29 is 9.18 Å². The Hall–Kier alpha value is -1.42. The molecule has 1 saturated heterocycles. The van der Waals surface area contributed by atoms with Gasteiger partial charge in [0.25, 0.3) is 0 Å². The highest BCUT2D eigenvalue weighted by Gasteiger charge is 2.32. The summed E-state index contributed by atoms with van der Waals surface area (Å²) in [5.41, 5.74) is -0.420. The van der Waals surface area contributed by atoms with Crippen LogP contribution in [0.1, 0.15) is 32.3 Å². The molecule has 2 N–H and O–H groups in total. The predicted molar refractivity (Wildman–Crippen MR) is 73.5 cm³/mol. The Balaban J connectivity index is 2.02. The lowest BCUT2D eigenvalue weighted by Crippen LogP contribution is -2.45. The third kappa shape index (κ3) is 3.13. The number of hydrogen-bond acceptors (Lipinski definition) is 2. The largest absolute Gasteiger partial charge is 0.354 e. The van der Waals surface area contributed by atoms with Crippen LogP contribution in [0.4, 0.5) is 4.39 Å². The minimum Gasteiger partial charge on any atom is -0.354 e. The van der Waals surface area contributed by atoms with Crippen LogP contribution in [0.5, 0.6) is 0 Å². The number of carbonyl (C=O) groups is 1. The first-order valence-electron chi connectivity index (χ1n) is 6.78. The fourth-order valence-corrected chi connectivity index (χ4v) is 2.46. The third-order valence-electron chi connectivity index (χ3n) is 3.79. The zero-order valence-electron chi connectivity index (χ0n) is 11.5. The lowest BCUT2D eigenvalue weighted by atomic mass is 9.83. The number of benzene rings is 1. The molecule has 0 radical (unpaired) electrons. The molecule has 1 fully saturated rings. The van der Waals surface area contributed by atoms with E-state index in [0.29, 0.717) is 18.2 Å². The summed E-state index contributed by atoms with van der Waals surface area (Å²) in [7, 11) is 0. The monoisotopic (exact) mass is 264 g/mol. The minimum atomic E-state index is -0.857. The average molecular weight is 264 g/mol. The quantitative estimate of drug-likeness (QED) is 0.873. The van der Waals surface area contributed by atoms with E-state index in [1.807, 2.05) is 0 Å². The van der Waals surface area contributed by atoms with Crippen LogP contribution < -0.4 is 10.6 Å². The topological polar surface area (TPSA) is 41.1 Å². The van der Waals surface area contributed by atoms with Crippen LogP contribution in [0.15, 0.2) is 24.3 Å². The molecular weight excluding hydrogens is 243 g/mol. The van der Waals surface area contributed by atoms with Gasteiger partial charge in [0.15, 0.2) is 0 Å². The van der Waals surface area contributed by atoms with Crippen LogP contribution in [0.3, 0.4) is 0 Å². The molecule has 1 amide bonds. The Morgan fingerprint density at radius 3 is 2.84 bits per heavy atom. The van der Waals surface area contributed by atoms with Crippen LogP contribution in [-0.2, 0) is 10.2 Å². The molecule has 1 aromatic carbocycles. The van der Waals surface area contributed by atoms with E-state index < -0.39 is 5.41 Å². The smallest absolute Gasteiger partial charge is 0.230 e. The second-order valence-corrected chi connectivity index (χ2v) is 5.61. The summed E-state index contributed by atoms with van der Waals surface area (Å²) in [5, 5.41) is 6.25. The van der Waals surface area contributed by atoms with E-state index in [2.05, 4.69) is 10.6 Å². The molecule has 1 heterocycles. The highest BCUT2D eigenvalue weighted by atomic mass is 19.1. The van der Waals surface area contributed by atoms with E-state index in [1.165, 1.54) is 6.07 Å². The first-order chi connectivity index (χ1) is 9.01. The van der Waals surface area contributed by atoms with E-state index in [1.54, 1.807) is 32.0 Å². The van der Waals surface area contributed by atoms with Crippen molar-refractivity contribution in [3.63, 3.8) is 0 Å². The summed E-state index contributed by atoms with van der Waals surface area (Å²) in [4.78, 5) is 12.3. The van der Waals surface area contributed by atoms with Gasteiger partial charge in [-0.25, -0.2) is 4.39 Å². The Morgan fingerprint density at radius 1 is 1.47 bits per heavy atom. The SMILES string of the molecule is CC(C)(C(=O)NCC1CCCN1)c1ccccc1F. The summed E-state index contributed by atoms with van der Waals surface area (Å²) >= 11 is 0. The normalized spacial score (nSPS) is 19.4. The Morgan fingerprint density at radius 2 is 2.21 bits per heavy atom. The fraction of sp³-hybridized carbons (Fsp3) is 0.533. The zero-order valence-corrected chi connectivity index (χ0v) is 11.5. The van der Waals surface area contributed by atoms with Gasteiger partial charge in [-0.2, -0.15) is 0 Å². The highest BCUT2D eigenvalue weighted by molar-refractivity contribution is 5.87. The fourth-order valence-electron chi connectivity index (χ4n) is 2.46. The average Bonchev–Trinajstić information content (AvgIpc) is 2.89. The van der Waals surface area contributed by atoms with Crippen molar-refractivity contribution in [1.29, 1.82) is 0 Å². The number of amides is 1. The molecule has 0 bridgehead atoms. The maximum absolute atomic E-state index is 13.8. The number of rotatable bonds is 4. The van der Waals surface area contributed by atoms with Crippen molar-refractivity contribution in [3.8, 4) is 0 Å². The van der Waals surface area contributed by atoms with Gasteiger partial charge in [0.1, 0.15) is 5.82 Å². The first kappa shape index (κ1) is 14.0. The molecule has 4 heteroatoms. The zero-order chi connectivity index (χ0) is 13.9. The molecule has 19 heavy (non-hydrogen) atoms. The van der Waals surface area contributed by atoms with E-state index in [-0.39, 0.29) is 11.7 Å². The number of hydrogen-bond donors (Lipinski definition) is 2. The molecule has 0 spiro atoms. The molecular formula is C15H21FN2O. The Bertz CT molecular complexity index is 453. The van der Waals surface area contributed by atoms with Crippen LogP contribution >= 0.6 is 0 Å². The van der Waals surface area contributed by atoms with E-state index >= 15 is 0 Å². The maximum Gasteiger partial charge on any atom is 0.230 e. The summed E-state index contributed by atoms with van der Waals surface area (Å²) in [6, 6.07) is 6.80. The van der Waals surface area contributed by atoms with Gasteiger partial charge in [-0.05, 0) is 39.3 Å². The number of nitrogens with one attached hydrogen (secondary N) is 2. The summed E-state index contributed by atoms with van der Waals surface area (Å²) in [6.45, 7) is 5.12. The van der Waals surface area contributed by atoms with Gasteiger partial charge in [-0.1, -0.05) is 18.2 Å². The van der Waals surface area contributed by atoms with Crippen molar-refractivity contribution in [2.24, 2.45) is 0 Å². The van der Waals surface area contributed by atoms with Crippen molar-refractivity contribution in [3.05, 3.63) is 35.6 Å². The van der Waals surface area contributed by atoms with Crippen LogP contribution in [0, 0.1) is 5.82 Å². The first-order valence-corrected chi connectivity index (χ1v) is 6.78. The van der Waals surface area contributed by atoms with E-state index in [9.17, 15) is 9.18 Å². The van der Waals surface area contributed by atoms with Crippen molar-refractivity contribution in [2.75, 3.05) is 13.1 Å². The van der Waals surface area contributed by atoms with Crippen molar-refractivity contribution >= 4 is 5.91 Å². The van der Waals surface area contributed by atoms with Gasteiger partial charge in [0.05, 0.1) is 5.41 Å². The lowest BCUT2D eigenvalue weighted by Gasteiger charge is -2.25. The molecule has 1 aliphatic rings. The summed E-state index contributed by atoms with van der Waals surface area (Å²) < 4.78 is 13.8. The van der Waals surface area contributed by atoms with Crippen LogP contribution in [0.25, 0.3) is 0 Å². The molecule has 2 rings (SSSR count). The van der Waals surface area contributed by atoms with Gasteiger partial charge < -0.3 is 10.6 Å². The van der Waals surface area contributed by atoms with Crippen LogP contribution in [-0.4, -0.2) is 25.0 Å². The predicted octanol–water partition coefficient (Wildman–Crippen LogP) is 1.97. The molecule has 1 unspecified atom stereocenters. The molecule has 3 nitrogen and oxygen atoms in total. The molecule has 1 aromatic rings. The lowest BCUT2D eigenvalue weighted by molar-refractivity contribution is -0.125. The van der Waals surface area contributed by atoms with Gasteiger partial charge >= 0.3 is 0 Å². The maximum atomic E-state index is 13.8. The number of carbonyl (C=O) groups excluding carboxylic acids is 1. The van der Waals surface area contributed by atoms with E-state index in [4.69, 9.17) is 0 Å². The molecule has 1 aliphatic heterocycles. The molecule has 0 aliphatic carbocycles. The van der Waals surface area contributed by atoms with E-state index in [0.717, 1.165) is 19.4 Å². The van der Waals surface area contributed by atoms with Crippen molar-refractivity contribution in [2.45, 2.75) is 38.1 Å². The Labute approximate surface area is 113 Å². The molecule has 0 saturated carbocycles. The van der Waals surface area contributed by atoms with Gasteiger partial charge in [0, 0.05) is 18.2 Å². The van der Waals surface area contributed by atoms with Gasteiger partial charge in [0.2, 0.25) is 5.91 Å². The van der Waals surface area contributed by atoms with Crippen molar-refractivity contribution in [1.82, 2.24) is 10.6 Å². The second kappa shape index (κ2) is 5.70. The minimum absolute atomic E-state index is 0.133. The standard InChI is InChI=1S/C15H21FN2O/c1-15(2,12-7-3-4-8-13(12)16)14(19)18-10-11-6-5-9-17-11/h3-4,7-8,11,17H,5-6,9-10H2,1-2H3,(H,18,19). The van der Waals surface area contributed by atoms with Gasteiger partial charge in [-0.15, -0.1) is 0 Å². The second-order valence-electron chi connectivity index (χ2n) is 5.61. The third-order valence-corrected chi connectivity index (χ3v) is 3.79. The Kier molecular flexibility index (Phi) is 4.20. The van der Waals surface area contributed by atoms with Gasteiger partial charge in [-0.3, -0.25) is 4.79 Å². The van der Waals surface area contributed by atoms with Crippen LogP contribution in [0.2, 0.25) is 0 Å². The molecule has 1 atom stereocenters. The molecule has 0 aromatic heterocycles. The summed E-state index contributed by atoms with van der Waals surface area (Å²) in [6.07, 6.45) is 2.23. The number of halogens is 1. The molecule has 104 valence electrons. The highest BCUT2D eigenvalue weighted by Crippen LogP contribution is 2.25. The summed E-state index contributed by atoms with van der Waals surface area (Å²) in [5.74, 6) is -0.465.